The number of rotatable bonds is 4. The van der Waals surface area contributed by atoms with Gasteiger partial charge in [0.2, 0.25) is 5.91 Å². The van der Waals surface area contributed by atoms with Gasteiger partial charge in [0, 0.05) is 11.6 Å². The molecule has 1 unspecified atom stereocenters. The van der Waals surface area contributed by atoms with Crippen LogP contribution in [0.1, 0.15) is 17.5 Å². The summed E-state index contributed by atoms with van der Waals surface area (Å²) in [6.45, 7) is 0. The smallest absolute Gasteiger partial charge is 0.224 e. The molecular formula is C13H17N3O4S. The summed E-state index contributed by atoms with van der Waals surface area (Å²) >= 11 is 0. The molecule has 0 bridgehead atoms. The van der Waals surface area contributed by atoms with Gasteiger partial charge < -0.3 is 16.3 Å². The van der Waals surface area contributed by atoms with Crippen molar-refractivity contribution >= 4 is 21.6 Å². The number of benzene rings is 1. The monoisotopic (exact) mass is 311 g/mol. The van der Waals surface area contributed by atoms with Crippen molar-refractivity contribution in [2.24, 2.45) is 10.9 Å². The molecule has 0 radical (unpaired) electrons. The number of oxime groups is 1. The quantitative estimate of drug-likeness (QED) is 0.303. The Balaban J connectivity index is 1.91. The van der Waals surface area contributed by atoms with Crippen LogP contribution in [-0.4, -0.2) is 42.9 Å². The Morgan fingerprint density at radius 1 is 1.38 bits per heavy atom. The maximum atomic E-state index is 11.9. The zero-order valence-electron chi connectivity index (χ0n) is 11.3. The first-order chi connectivity index (χ1) is 9.89. The maximum absolute atomic E-state index is 11.9. The number of hydrogen-bond acceptors (Lipinski definition) is 5. The van der Waals surface area contributed by atoms with Crippen molar-refractivity contribution in [1.29, 1.82) is 0 Å². The molecule has 1 fully saturated rings. The zero-order valence-corrected chi connectivity index (χ0v) is 12.1. The van der Waals surface area contributed by atoms with E-state index in [0.717, 1.165) is 5.56 Å². The van der Waals surface area contributed by atoms with Gasteiger partial charge in [-0.2, -0.15) is 0 Å². The number of amides is 1. The van der Waals surface area contributed by atoms with Gasteiger partial charge in [-0.05, 0) is 12.0 Å². The molecule has 1 aliphatic heterocycles. The molecule has 114 valence electrons. The van der Waals surface area contributed by atoms with E-state index in [4.69, 9.17) is 10.9 Å². The van der Waals surface area contributed by atoms with Gasteiger partial charge in [0.1, 0.15) is 0 Å². The molecule has 0 aliphatic carbocycles. The van der Waals surface area contributed by atoms with Crippen LogP contribution < -0.4 is 11.1 Å². The first-order valence-electron chi connectivity index (χ1n) is 6.46. The van der Waals surface area contributed by atoms with Crippen molar-refractivity contribution < 1.29 is 18.4 Å². The number of nitrogens with one attached hydrogen (secondary N) is 1. The van der Waals surface area contributed by atoms with Crippen LogP contribution in [0.25, 0.3) is 0 Å². The van der Waals surface area contributed by atoms with Gasteiger partial charge in [-0.15, -0.1) is 0 Å². The minimum absolute atomic E-state index is 0.00200. The molecule has 1 aromatic carbocycles. The Hall–Kier alpha value is -2.09. The summed E-state index contributed by atoms with van der Waals surface area (Å²) < 4.78 is 22.6. The number of nitrogens with two attached hydrogens (primary N) is 1. The Morgan fingerprint density at radius 2 is 2.05 bits per heavy atom. The summed E-state index contributed by atoms with van der Waals surface area (Å²) in [6, 6.07) is 6.42. The van der Waals surface area contributed by atoms with Crippen LogP contribution >= 0.6 is 0 Å². The number of carbonyl (C=O) groups is 1. The molecular weight excluding hydrogens is 294 g/mol. The van der Waals surface area contributed by atoms with Crippen LogP contribution in [0.15, 0.2) is 29.4 Å². The molecule has 1 amide bonds. The SMILES string of the molecule is NC(=NO)c1ccc(CC(=O)NC2CCS(=O)(=O)C2)cc1. The Morgan fingerprint density at radius 3 is 2.57 bits per heavy atom. The number of amidine groups is 1. The molecule has 1 saturated heterocycles. The van der Waals surface area contributed by atoms with E-state index in [1.165, 1.54) is 0 Å². The van der Waals surface area contributed by atoms with E-state index in [9.17, 15) is 13.2 Å². The van der Waals surface area contributed by atoms with E-state index in [2.05, 4.69) is 10.5 Å². The largest absolute Gasteiger partial charge is 0.409 e. The highest BCUT2D eigenvalue weighted by atomic mass is 32.2. The fraction of sp³-hybridized carbons (Fsp3) is 0.385. The van der Waals surface area contributed by atoms with E-state index in [-0.39, 0.29) is 35.7 Å². The average Bonchev–Trinajstić information content (AvgIpc) is 2.77. The van der Waals surface area contributed by atoms with Gasteiger partial charge in [0.15, 0.2) is 15.7 Å². The lowest BCUT2D eigenvalue weighted by Gasteiger charge is -2.10. The van der Waals surface area contributed by atoms with Crippen LogP contribution in [0.3, 0.4) is 0 Å². The normalized spacial score (nSPS) is 21.1. The van der Waals surface area contributed by atoms with Crippen LogP contribution in [0.4, 0.5) is 0 Å². The van der Waals surface area contributed by atoms with E-state index in [0.29, 0.717) is 12.0 Å². The second-order valence-electron chi connectivity index (χ2n) is 5.03. The molecule has 2 rings (SSSR count). The fourth-order valence-corrected chi connectivity index (χ4v) is 3.90. The highest BCUT2D eigenvalue weighted by Crippen LogP contribution is 2.12. The minimum Gasteiger partial charge on any atom is -0.409 e. The van der Waals surface area contributed by atoms with Gasteiger partial charge >= 0.3 is 0 Å². The lowest BCUT2D eigenvalue weighted by Crippen LogP contribution is -2.36. The maximum Gasteiger partial charge on any atom is 0.224 e. The molecule has 1 aliphatic rings. The molecule has 0 saturated carbocycles. The topological polar surface area (TPSA) is 122 Å². The standard InChI is InChI=1S/C13H17N3O4S/c14-13(16-18)10-3-1-9(2-4-10)7-12(17)15-11-5-6-21(19,20)8-11/h1-4,11,18H,5-8H2,(H2,14,16)(H,15,17). The molecule has 8 heteroatoms. The lowest BCUT2D eigenvalue weighted by molar-refractivity contribution is -0.120. The van der Waals surface area contributed by atoms with E-state index in [1.54, 1.807) is 24.3 Å². The van der Waals surface area contributed by atoms with Crippen molar-refractivity contribution in [2.75, 3.05) is 11.5 Å². The Kier molecular flexibility index (Phi) is 4.46. The Labute approximate surface area is 122 Å². The summed E-state index contributed by atoms with van der Waals surface area (Å²) in [5.74, 6) is -0.0658. The van der Waals surface area contributed by atoms with Crippen LogP contribution in [0.2, 0.25) is 0 Å². The van der Waals surface area contributed by atoms with Gasteiger partial charge in [-0.1, -0.05) is 29.4 Å². The third-order valence-electron chi connectivity index (χ3n) is 3.32. The van der Waals surface area contributed by atoms with Crippen LogP contribution in [-0.2, 0) is 21.1 Å². The Bertz CT molecular complexity index is 652. The molecule has 1 atom stereocenters. The number of nitrogens with zero attached hydrogens (tertiary/aromatic N) is 1. The van der Waals surface area contributed by atoms with Gasteiger partial charge in [-0.25, -0.2) is 8.42 Å². The molecule has 0 spiro atoms. The second kappa shape index (κ2) is 6.13. The van der Waals surface area contributed by atoms with Crippen molar-refractivity contribution in [1.82, 2.24) is 5.32 Å². The van der Waals surface area contributed by atoms with Gasteiger partial charge in [0.25, 0.3) is 0 Å². The predicted molar refractivity (Wildman–Crippen MR) is 77.9 cm³/mol. The summed E-state index contributed by atoms with van der Waals surface area (Å²) in [4.78, 5) is 11.9. The van der Waals surface area contributed by atoms with E-state index in [1.807, 2.05) is 0 Å². The molecule has 0 aromatic heterocycles. The van der Waals surface area contributed by atoms with Crippen molar-refractivity contribution in [3.05, 3.63) is 35.4 Å². The first-order valence-corrected chi connectivity index (χ1v) is 8.28. The summed E-state index contributed by atoms with van der Waals surface area (Å²) in [5.41, 5.74) is 6.77. The van der Waals surface area contributed by atoms with Crippen molar-refractivity contribution in [2.45, 2.75) is 18.9 Å². The fourth-order valence-electron chi connectivity index (χ4n) is 2.22. The second-order valence-corrected chi connectivity index (χ2v) is 7.26. The number of carbonyl (C=O) groups excluding carboxylic acids is 1. The average molecular weight is 311 g/mol. The van der Waals surface area contributed by atoms with Gasteiger partial charge in [-0.3, -0.25) is 4.79 Å². The lowest BCUT2D eigenvalue weighted by atomic mass is 10.1. The highest BCUT2D eigenvalue weighted by Gasteiger charge is 2.28. The van der Waals surface area contributed by atoms with Crippen LogP contribution in [0, 0.1) is 0 Å². The van der Waals surface area contributed by atoms with Gasteiger partial charge in [0.05, 0.1) is 17.9 Å². The molecule has 21 heavy (non-hydrogen) atoms. The van der Waals surface area contributed by atoms with E-state index < -0.39 is 9.84 Å². The summed E-state index contributed by atoms with van der Waals surface area (Å²) in [5, 5.41) is 14.2. The van der Waals surface area contributed by atoms with Crippen molar-refractivity contribution in [3.63, 3.8) is 0 Å². The first kappa shape index (κ1) is 15.3. The number of hydrogen-bond donors (Lipinski definition) is 3. The third-order valence-corrected chi connectivity index (χ3v) is 5.09. The summed E-state index contributed by atoms with van der Waals surface area (Å²) in [7, 11) is -3.00. The zero-order chi connectivity index (χ0) is 15.5. The highest BCUT2D eigenvalue weighted by molar-refractivity contribution is 7.91. The third kappa shape index (κ3) is 4.19. The van der Waals surface area contributed by atoms with E-state index >= 15 is 0 Å². The minimum atomic E-state index is -3.00. The molecule has 1 heterocycles. The molecule has 7 nitrogen and oxygen atoms in total. The predicted octanol–water partition coefficient (Wildman–Crippen LogP) is -0.373. The molecule has 1 aromatic rings. The summed E-state index contributed by atoms with van der Waals surface area (Å²) in [6.07, 6.45) is 0.628. The van der Waals surface area contributed by atoms with Crippen LogP contribution in [0.5, 0.6) is 0 Å². The molecule has 4 N–H and O–H groups in total. The number of sulfone groups is 1. The van der Waals surface area contributed by atoms with Crippen molar-refractivity contribution in [3.8, 4) is 0 Å².